The molecule has 18 heavy (non-hydrogen) atoms. The number of halogens is 2. The largest absolute Gasteiger partial charge is 0.272 e. The van der Waals surface area contributed by atoms with Gasteiger partial charge in [-0.2, -0.15) is 0 Å². The summed E-state index contributed by atoms with van der Waals surface area (Å²) in [6.07, 6.45) is 0.394. The van der Waals surface area contributed by atoms with Crippen molar-refractivity contribution in [2.24, 2.45) is 0 Å². The molecular weight excluding hydrogens is 285 g/mol. The van der Waals surface area contributed by atoms with Crippen LogP contribution in [0.4, 0.5) is 10.1 Å². The standard InChI is InChI=1S/C10H7ClFNO4S/c1-2-3-4-7-5-8(13(14)15)6-9(10(7)12)18(11,16)17/h5-6H,2H2,1H3. The highest BCUT2D eigenvalue weighted by Crippen LogP contribution is 2.27. The molecule has 0 aliphatic heterocycles. The van der Waals surface area contributed by atoms with E-state index in [0.29, 0.717) is 12.5 Å². The normalized spacial score (nSPS) is 10.6. The molecule has 0 amide bonds. The number of nitro groups is 1. The first-order valence-corrected chi connectivity index (χ1v) is 6.99. The molecule has 1 aromatic rings. The third-order valence-corrected chi connectivity index (χ3v) is 3.22. The monoisotopic (exact) mass is 291 g/mol. The smallest absolute Gasteiger partial charge is 0.258 e. The quantitative estimate of drug-likeness (QED) is 0.363. The Labute approximate surface area is 107 Å². The molecule has 0 N–H and O–H groups in total. The number of rotatable bonds is 2. The van der Waals surface area contributed by atoms with Gasteiger partial charge in [0.15, 0.2) is 5.82 Å². The van der Waals surface area contributed by atoms with Crippen LogP contribution in [0.3, 0.4) is 0 Å². The van der Waals surface area contributed by atoms with Gasteiger partial charge in [0.1, 0.15) is 4.90 Å². The molecule has 0 bridgehead atoms. The lowest BCUT2D eigenvalue weighted by Crippen LogP contribution is -2.01. The molecule has 0 aromatic heterocycles. The third kappa shape index (κ3) is 3.18. The van der Waals surface area contributed by atoms with E-state index in [-0.39, 0.29) is 5.56 Å². The first-order valence-electron chi connectivity index (χ1n) is 4.68. The first-order chi connectivity index (χ1) is 8.27. The van der Waals surface area contributed by atoms with Gasteiger partial charge in [0, 0.05) is 29.2 Å². The second-order valence-corrected chi connectivity index (χ2v) is 5.69. The van der Waals surface area contributed by atoms with E-state index in [2.05, 4.69) is 11.8 Å². The van der Waals surface area contributed by atoms with Crippen LogP contribution in [0.2, 0.25) is 0 Å². The second kappa shape index (κ2) is 5.33. The summed E-state index contributed by atoms with van der Waals surface area (Å²) >= 11 is 0. The Balaban J connectivity index is 3.63. The summed E-state index contributed by atoms with van der Waals surface area (Å²) in [7, 11) is 0.596. The molecule has 8 heteroatoms. The van der Waals surface area contributed by atoms with Crippen molar-refractivity contribution in [2.45, 2.75) is 18.2 Å². The summed E-state index contributed by atoms with van der Waals surface area (Å²) in [4.78, 5) is 8.82. The van der Waals surface area contributed by atoms with Gasteiger partial charge in [0.2, 0.25) is 0 Å². The van der Waals surface area contributed by atoms with Crippen molar-refractivity contribution in [2.75, 3.05) is 0 Å². The van der Waals surface area contributed by atoms with E-state index in [9.17, 15) is 22.9 Å². The summed E-state index contributed by atoms with van der Waals surface area (Å²) in [6.45, 7) is 1.70. The van der Waals surface area contributed by atoms with Gasteiger partial charge in [-0.05, 0) is 0 Å². The predicted octanol–water partition coefficient (Wildman–Crippen LogP) is 2.42. The molecule has 0 heterocycles. The van der Waals surface area contributed by atoms with Crippen LogP contribution in [-0.4, -0.2) is 13.3 Å². The Morgan fingerprint density at radius 1 is 1.50 bits per heavy atom. The van der Waals surface area contributed by atoms with Crippen molar-refractivity contribution in [1.29, 1.82) is 0 Å². The molecule has 0 aliphatic carbocycles. The minimum Gasteiger partial charge on any atom is -0.258 e. The van der Waals surface area contributed by atoms with E-state index in [4.69, 9.17) is 10.7 Å². The topological polar surface area (TPSA) is 77.3 Å². The average Bonchev–Trinajstić information content (AvgIpc) is 2.25. The zero-order valence-electron chi connectivity index (χ0n) is 9.11. The Morgan fingerprint density at radius 3 is 2.56 bits per heavy atom. The van der Waals surface area contributed by atoms with Crippen LogP contribution in [0.5, 0.6) is 0 Å². The zero-order valence-corrected chi connectivity index (χ0v) is 10.7. The molecule has 0 saturated carbocycles. The van der Waals surface area contributed by atoms with Crippen LogP contribution in [0.15, 0.2) is 17.0 Å². The summed E-state index contributed by atoms with van der Waals surface area (Å²) in [5.74, 6) is 3.63. The molecule has 0 fully saturated rings. The lowest BCUT2D eigenvalue weighted by atomic mass is 10.2. The Kier molecular flexibility index (Phi) is 4.27. The molecule has 1 rings (SSSR count). The van der Waals surface area contributed by atoms with Gasteiger partial charge in [0.05, 0.1) is 10.5 Å². The van der Waals surface area contributed by atoms with E-state index < -0.39 is 30.4 Å². The first kappa shape index (κ1) is 14.4. The van der Waals surface area contributed by atoms with Gasteiger partial charge >= 0.3 is 0 Å². The zero-order chi connectivity index (χ0) is 13.9. The van der Waals surface area contributed by atoms with Crippen LogP contribution in [0.1, 0.15) is 18.9 Å². The van der Waals surface area contributed by atoms with Gasteiger partial charge in [-0.15, -0.1) is 0 Å². The lowest BCUT2D eigenvalue weighted by Gasteiger charge is -2.01. The van der Waals surface area contributed by atoms with E-state index in [1.807, 2.05) is 0 Å². The summed E-state index contributed by atoms with van der Waals surface area (Å²) < 4.78 is 36.0. The highest BCUT2D eigenvalue weighted by Gasteiger charge is 2.23. The fourth-order valence-corrected chi connectivity index (χ4v) is 2.06. The maximum Gasteiger partial charge on any atom is 0.272 e. The van der Waals surface area contributed by atoms with E-state index >= 15 is 0 Å². The lowest BCUT2D eigenvalue weighted by molar-refractivity contribution is -0.385. The van der Waals surface area contributed by atoms with Crippen molar-refractivity contribution in [3.05, 3.63) is 33.6 Å². The maximum atomic E-state index is 13.7. The molecular formula is C10H7ClFNO4S. The van der Waals surface area contributed by atoms with E-state index in [1.165, 1.54) is 0 Å². The van der Waals surface area contributed by atoms with Crippen LogP contribution in [0.25, 0.3) is 0 Å². The van der Waals surface area contributed by atoms with Crippen LogP contribution in [0, 0.1) is 27.8 Å². The number of nitro benzene ring substituents is 1. The molecule has 0 aliphatic rings. The summed E-state index contributed by atoms with van der Waals surface area (Å²) in [6, 6.07) is 1.43. The van der Waals surface area contributed by atoms with Crippen LogP contribution in [-0.2, 0) is 9.05 Å². The molecule has 96 valence electrons. The highest BCUT2D eigenvalue weighted by atomic mass is 35.7. The van der Waals surface area contributed by atoms with Crippen molar-refractivity contribution < 1.29 is 17.7 Å². The molecule has 0 unspecified atom stereocenters. The van der Waals surface area contributed by atoms with Crippen LogP contribution >= 0.6 is 10.7 Å². The number of hydrogen-bond donors (Lipinski definition) is 0. The fraction of sp³-hybridized carbons (Fsp3) is 0.200. The van der Waals surface area contributed by atoms with Gasteiger partial charge in [-0.1, -0.05) is 18.8 Å². The molecule has 0 saturated heterocycles. The minimum absolute atomic E-state index is 0.370. The molecule has 1 aromatic carbocycles. The highest BCUT2D eigenvalue weighted by molar-refractivity contribution is 8.13. The molecule has 0 radical (unpaired) electrons. The molecule has 5 nitrogen and oxygen atoms in total. The number of hydrogen-bond acceptors (Lipinski definition) is 4. The SMILES string of the molecule is CCC#Cc1cc([N+](=O)[O-])cc(S(=O)(=O)Cl)c1F. The molecule has 0 atom stereocenters. The Hall–Kier alpha value is -1.65. The van der Waals surface area contributed by atoms with Crippen LogP contribution < -0.4 is 0 Å². The predicted molar refractivity (Wildman–Crippen MR) is 63.3 cm³/mol. The summed E-state index contributed by atoms with van der Waals surface area (Å²) in [5, 5.41) is 10.6. The maximum absolute atomic E-state index is 13.7. The summed E-state index contributed by atoms with van der Waals surface area (Å²) in [5.41, 5.74) is -0.957. The number of nitrogens with zero attached hydrogens (tertiary/aromatic N) is 1. The van der Waals surface area contributed by atoms with Gasteiger partial charge in [0.25, 0.3) is 14.7 Å². The van der Waals surface area contributed by atoms with Crippen molar-refractivity contribution in [3.63, 3.8) is 0 Å². The van der Waals surface area contributed by atoms with Crippen molar-refractivity contribution in [3.8, 4) is 11.8 Å². The van der Waals surface area contributed by atoms with Gasteiger partial charge in [-0.3, -0.25) is 10.1 Å². The Bertz CT molecular complexity index is 660. The van der Waals surface area contributed by atoms with E-state index in [1.54, 1.807) is 6.92 Å². The Morgan fingerprint density at radius 2 is 2.11 bits per heavy atom. The average molecular weight is 292 g/mol. The molecule has 0 spiro atoms. The fourth-order valence-electron chi connectivity index (χ4n) is 1.14. The van der Waals surface area contributed by atoms with Crippen molar-refractivity contribution in [1.82, 2.24) is 0 Å². The van der Waals surface area contributed by atoms with Gasteiger partial charge < -0.3 is 0 Å². The van der Waals surface area contributed by atoms with Crippen molar-refractivity contribution >= 4 is 25.4 Å². The second-order valence-electron chi connectivity index (χ2n) is 3.16. The minimum atomic E-state index is -4.41. The van der Waals surface area contributed by atoms with Gasteiger partial charge in [-0.25, -0.2) is 12.8 Å². The third-order valence-electron chi connectivity index (χ3n) is 1.90. The van der Waals surface area contributed by atoms with E-state index in [0.717, 1.165) is 6.07 Å². The number of benzene rings is 1. The number of non-ortho nitro benzene ring substituents is 1.